The van der Waals surface area contributed by atoms with E-state index in [1.807, 2.05) is 0 Å². The number of nitrogens with zero attached hydrogens (tertiary/aromatic N) is 2. The SMILES string of the molecule is CN(C)CC1CCCN1C1CC(C(C)(C)C)CCC1CN. The predicted octanol–water partition coefficient (Wildman–Crippen LogP) is 2.80. The molecule has 1 saturated heterocycles. The van der Waals surface area contributed by atoms with Gasteiger partial charge in [-0.1, -0.05) is 20.8 Å². The summed E-state index contributed by atoms with van der Waals surface area (Å²) >= 11 is 0. The van der Waals surface area contributed by atoms with Crippen LogP contribution in [0.3, 0.4) is 0 Å². The molecule has 124 valence electrons. The smallest absolute Gasteiger partial charge is 0.0226 e. The van der Waals surface area contributed by atoms with Crippen LogP contribution < -0.4 is 5.73 Å². The van der Waals surface area contributed by atoms with Crippen molar-refractivity contribution in [3.8, 4) is 0 Å². The van der Waals surface area contributed by atoms with Gasteiger partial charge in [-0.25, -0.2) is 0 Å². The highest BCUT2D eigenvalue weighted by Gasteiger charge is 2.41. The van der Waals surface area contributed by atoms with Crippen LogP contribution in [0.1, 0.15) is 52.9 Å². The lowest BCUT2D eigenvalue weighted by Gasteiger charge is -2.47. The Balaban J connectivity index is 2.09. The molecule has 2 aliphatic rings. The predicted molar refractivity (Wildman–Crippen MR) is 91.4 cm³/mol. The number of likely N-dealkylation sites (tertiary alicyclic amines) is 1. The minimum Gasteiger partial charge on any atom is -0.330 e. The van der Waals surface area contributed by atoms with E-state index < -0.39 is 0 Å². The molecule has 1 aliphatic carbocycles. The molecule has 4 atom stereocenters. The van der Waals surface area contributed by atoms with Crippen molar-refractivity contribution in [3.63, 3.8) is 0 Å². The molecule has 0 bridgehead atoms. The second-order valence-corrected chi connectivity index (χ2v) is 8.74. The minimum atomic E-state index is 0.439. The van der Waals surface area contributed by atoms with Crippen LogP contribution in [0.4, 0.5) is 0 Å². The van der Waals surface area contributed by atoms with Gasteiger partial charge < -0.3 is 10.6 Å². The maximum Gasteiger partial charge on any atom is 0.0226 e. The van der Waals surface area contributed by atoms with Gasteiger partial charge in [0.15, 0.2) is 0 Å². The molecule has 4 unspecified atom stereocenters. The second kappa shape index (κ2) is 6.97. The maximum absolute atomic E-state index is 6.13. The lowest BCUT2D eigenvalue weighted by Crippen LogP contribution is -2.52. The first-order valence-corrected chi connectivity index (χ1v) is 8.93. The van der Waals surface area contributed by atoms with E-state index in [0.717, 1.165) is 24.5 Å². The third-order valence-corrected chi connectivity index (χ3v) is 5.91. The first kappa shape index (κ1) is 17.2. The Morgan fingerprint density at radius 1 is 1.14 bits per heavy atom. The van der Waals surface area contributed by atoms with E-state index in [2.05, 4.69) is 44.7 Å². The van der Waals surface area contributed by atoms with Crippen molar-refractivity contribution in [2.45, 2.75) is 65.0 Å². The molecule has 0 aromatic carbocycles. The number of nitrogens with two attached hydrogens (primary N) is 1. The van der Waals surface area contributed by atoms with Crippen molar-refractivity contribution in [1.29, 1.82) is 0 Å². The van der Waals surface area contributed by atoms with Crippen LogP contribution in [0.25, 0.3) is 0 Å². The maximum atomic E-state index is 6.13. The quantitative estimate of drug-likeness (QED) is 0.865. The molecule has 2 rings (SSSR count). The van der Waals surface area contributed by atoms with Crippen molar-refractivity contribution in [3.05, 3.63) is 0 Å². The number of likely N-dealkylation sites (N-methyl/N-ethyl adjacent to an activating group) is 1. The monoisotopic (exact) mass is 295 g/mol. The lowest BCUT2D eigenvalue weighted by molar-refractivity contribution is 0.0326. The van der Waals surface area contributed by atoms with Crippen LogP contribution >= 0.6 is 0 Å². The molecule has 0 radical (unpaired) electrons. The zero-order chi connectivity index (χ0) is 15.6. The van der Waals surface area contributed by atoms with Crippen molar-refractivity contribution < 1.29 is 0 Å². The zero-order valence-electron chi connectivity index (χ0n) is 14.9. The van der Waals surface area contributed by atoms with E-state index in [1.165, 1.54) is 45.2 Å². The zero-order valence-corrected chi connectivity index (χ0v) is 14.9. The van der Waals surface area contributed by atoms with Gasteiger partial charge in [-0.05, 0) is 76.5 Å². The van der Waals surface area contributed by atoms with Crippen LogP contribution in [-0.4, -0.2) is 55.6 Å². The lowest BCUT2D eigenvalue weighted by atomic mass is 9.67. The fourth-order valence-corrected chi connectivity index (χ4v) is 4.59. The molecule has 1 saturated carbocycles. The fourth-order valence-electron chi connectivity index (χ4n) is 4.59. The highest BCUT2D eigenvalue weighted by molar-refractivity contribution is 4.95. The van der Waals surface area contributed by atoms with E-state index in [9.17, 15) is 0 Å². The Labute approximate surface area is 132 Å². The van der Waals surface area contributed by atoms with E-state index in [4.69, 9.17) is 5.73 Å². The Kier molecular flexibility index (Phi) is 5.72. The van der Waals surface area contributed by atoms with Gasteiger partial charge in [0.05, 0.1) is 0 Å². The molecule has 3 nitrogen and oxygen atoms in total. The highest BCUT2D eigenvalue weighted by Crippen LogP contribution is 2.42. The summed E-state index contributed by atoms with van der Waals surface area (Å²) in [5.41, 5.74) is 6.56. The van der Waals surface area contributed by atoms with Gasteiger partial charge in [0.2, 0.25) is 0 Å². The molecular weight excluding hydrogens is 258 g/mol. The van der Waals surface area contributed by atoms with Crippen LogP contribution in [0.2, 0.25) is 0 Å². The molecule has 1 aliphatic heterocycles. The van der Waals surface area contributed by atoms with Gasteiger partial charge in [0.25, 0.3) is 0 Å². The van der Waals surface area contributed by atoms with Gasteiger partial charge in [-0.2, -0.15) is 0 Å². The van der Waals surface area contributed by atoms with Crippen molar-refractivity contribution in [2.24, 2.45) is 23.0 Å². The van der Waals surface area contributed by atoms with E-state index in [0.29, 0.717) is 11.3 Å². The largest absolute Gasteiger partial charge is 0.330 e. The molecule has 1 heterocycles. The standard InChI is InChI=1S/C18H37N3/c1-18(2,3)15-9-8-14(12-19)17(11-15)21-10-6-7-16(21)13-20(4)5/h14-17H,6-13,19H2,1-5H3. The van der Waals surface area contributed by atoms with E-state index >= 15 is 0 Å². The fraction of sp³-hybridized carbons (Fsp3) is 1.00. The minimum absolute atomic E-state index is 0.439. The molecule has 2 fully saturated rings. The Bertz CT molecular complexity index is 321. The van der Waals surface area contributed by atoms with Gasteiger partial charge >= 0.3 is 0 Å². The average Bonchev–Trinajstić information content (AvgIpc) is 2.84. The topological polar surface area (TPSA) is 32.5 Å². The molecule has 0 aromatic heterocycles. The molecular formula is C18H37N3. The third-order valence-electron chi connectivity index (χ3n) is 5.91. The molecule has 3 heteroatoms. The van der Waals surface area contributed by atoms with Crippen LogP contribution in [0, 0.1) is 17.3 Å². The van der Waals surface area contributed by atoms with Crippen molar-refractivity contribution in [1.82, 2.24) is 9.80 Å². The summed E-state index contributed by atoms with van der Waals surface area (Å²) in [6, 6.07) is 1.47. The normalized spacial score (nSPS) is 35.6. The number of hydrogen-bond donors (Lipinski definition) is 1. The molecule has 2 N–H and O–H groups in total. The average molecular weight is 296 g/mol. The molecule has 0 aromatic rings. The Hall–Kier alpha value is -0.120. The van der Waals surface area contributed by atoms with Gasteiger partial charge in [0, 0.05) is 18.6 Å². The van der Waals surface area contributed by atoms with Crippen LogP contribution in [0.15, 0.2) is 0 Å². The number of hydrogen-bond acceptors (Lipinski definition) is 3. The number of rotatable bonds is 4. The van der Waals surface area contributed by atoms with Crippen molar-refractivity contribution >= 4 is 0 Å². The van der Waals surface area contributed by atoms with Gasteiger partial charge in [-0.3, -0.25) is 4.90 Å². The first-order valence-electron chi connectivity index (χ1n) is 8.93. The molecule has 0 amide bonds. The second-order valence-electron chi connectivity index (χ2n) is 8.74. The summed E-state index contributed by atoms with van der Waals surface area (Å²) in [6.07, 6.45) is 6.79. The van der Waals surface area contributed by atoms with E-state index in [-0.39, 0.29) is 0 Å². The van der Waals surface area contributed by atoms with Crippen LogP contribution in [-0.2, 0) is 0 Å². The molecule has 0 spiro atoms. The van der Waals surface area contributed by atoms with Crippen molar-refractivity contribution in [2.75, 3.05) is 33.7 Å². The summed E-state index contributed by atoms with van der Waals surface area (Å²) in [5.74, 6) is 1.57. The summed E-state index contributed by atoms with van der Waals surface area (Å²) in [7, 11) is 4.41. The summed E-state index contributed by atoms with van der Waals surface area (Å²) < 4.78 is 0. The highest BCUT2D eigenvalue weighted by atomic mass is 15.2. The van der Waals surface area contributed by atoms with E-state index in [1.54, 1.807) is 0 Å². The first-order chi connectivity index (χ1) is 9.82. The summed E-state index contributed by atoms with van der Waals surface area (Å²) in [5, 5.41) is 0. The Morgan fingerprint density at radius 3 is 2.43 bits per heavy atom. The van der Waals surface area contributed by atoms with Gasteiger partial charge in [0.1, 0.15) is 0 Å². The third kappa shape index (κ3) is 4.20. The Morgan fingerprint density at radius 2 is 1.86 bits per heavy atom. The summed E-state index contributed by atoms with van der Waals surface area (Å²) in [6.45, 7) is 10.6. The van der Waals surface area contributed by atoms with Gasteiger partial charge in [-0.15, -0.1) is 0 Å². The molecule has 21 heavy (non-hydrogen) atoms. The summed E-state index contributed by atoms with van der Waals surface area (Å²) in [4.78, 5) is 5.18. The van der Waals surface area contributed by atoms with Crippen LogP contribution in [0.5, 0.6) is 0 Å².